The number of rotatable bonds is 3. The minimum absolute atomic E-state index is 0.0438. The molecule has 0 saturated carbocycles. The first-order valence-corrected chi connectivity index (χ1v) is 13.6. The Balaban J connectivity index is 1.46. The number of pyridine rings is 2. The van der Waals surface area contributed by atoms with Gasteiger partial charge in [0.25, 0.3) is 5.56 Å². The molecule has 1 aromatic carbocycles. The van der Waals surface area contributed by atoms with Crippen LogP contribution in [0.1, 0.15) is 72.0 Å². The smallest absolute Gasteiger partial charge is 0.343 e. The summed E-state index contributed by atoms with van der Waals surface area (Å²) >= 11 is 0. The fourth-order valence-electron chi connectivity index (χ4n) is 6.88. The van der Waals surface area contributed by atoms with Crippen LogP contribution in [-0.2, 0) is 39.5 Å². The Kier molecular flexibility index (Phi) is 5.28. The molecule has 1 fully saturated rings. The molecule has 3 aromatic rings. The van der Waals surface area contributed by atoms with Crippen LogP contribution in [0, 0.1) is 12.7 Å². The molecule has 1 saturated heterocycles. The van der Waals surface area contributed by atoms with Crippen molar-refractivity contribution in [1.82, 2.24) is 20.2 Å². The zero-order chi connectivity index (χ0) is 27.2. The van der Waals surface area contributed by atoms with Crippen molar-refractivity contribution in [2.45, 2.75) is 76.8 Å². The van der Waals surface area contributed by atoms with Crippen LogP contribution in [-0.4, -0.2) is 39.1 Å². The maximum Gasteiger partial charge on any atom is 0.343 e. The van der Waals surface area contributed by atoms with Crippen molar-refractivity contribution in [3.63, 3.8) is 0 Å². The van der Waals surface area contributed by atoms with Crippen LogP contribution in [0.3, 0.4) is 0 Å². The van der Waals surface area contributed by atoms with E-state index in [-0.39, 0.29) is 60.1 Å². The largest absolute Gasteiger partial charge is 0.458 e. The number of amides is 1. The van der Waals surface area contributed by atoms with Gasteiger partial charge in [-0.2, -0.15) is 0 Å². The molecule has 7 rings (SSSR count). The highest BCUT2D eigenvalue weighted by Gasteiger charge is 2.46. The number of carbonyl (C=O) groups is 2. The second-order valence-corrected chi connectivity index (χ2v) is 11.1. The number of carbonyl (C=O) groups excluding carboxylic acids is 2. The van der Waals surface area contributed by atoms with Crippen molar-refractivity contribution in [2.75, 3.05) is 6.54 Å². The highest BCUT2D eigenvalue weighted by molar-refractivity contribution is 5.94. The van der Waals surface area contributed by atoms with Crippen LogP contribution in [0.25, 0.3) is 22.3 Å². The van der Waals surface area contributed by atoms with Crippen LogP contribution in [0.5, 0.6) is 0 Å². The van der Waals surface area contributed by atoms with E-state index < -0.39 is 11.6 Å². The molecule has 0 radical (unpaired) electrons. The molecule has 202 valence electrons. The van der Waals surface area contributed by atoms with Gasteiger partial charge in [0.2, 0.25) is 5.91 Å². The lowest BCUT2D eigenvalue weighted by Gasteiger charge is -2.31. The van der Waals surface area contributed by atoms with Crippen molar-refractivity contribution in [3.8, 4) is 11.4 Å². The topological polar surface area (TPSA) is 123 Å². The molecule has 1 amide bonds. The number of ether oxygens (including phenoxy) is 1. The molecule has 39 heavy (non-hydrogen) atoms. The number of cyclic esters (lactones) is 1. The predicted octanol–water partition coefficient (Wildman–Crippen LogP) is 2.38. The number of hydrogen-bond donors (Lipinski definition) is 3. The second-order valence-electron chi connectivity index (χ2n) is 11.1. The van der Waals surface area contributed by atoms with Gasteiger partial charge in [-0.1, -0.05) is 6.92 Å². The van der Waals surface area contributed by atoms with Crippen LogP contribution in [0.4, 0.5) is 4.39 Å². The van der Waals surface area contributed by atoms with E-state index >= 15 is 4.39 Å². The van der Waals surface area contributed by atoms with E-state index in [9.17, 15) is 19.5 Å². The van der Waals surface area contributed by atoms with Gasteiger partial charge in [0.1, 0.15) is 12.4 Å². The molecule has 9 nitrogen and oxygen atoms in total. The number of fused-ring (bicyclic) bond motifs is 5. The van der Waals surface area contributed by atoms with E-state index in [1.807, 2.05) is 0 Å². The molecule has 10 heteroatoms. The lowest BCUT2D eigenvalue weighted by molar-refractivity contribution is -0.172. The fraction of sp³-hybridized carbons (Fsp3) is 0.448. The summed E-state index contributed by atoms with van der Waals surface area (Å²) in [6.45, 7) is 4.23. The highest BCUT2D eigenvalue weighted by atomic mass is 19.1. The molecule has 0 bridgehead atoms. The predicted molar refractivity (Wildman–Crippen MR) is 139 cm³/mol. The minimum atomic E-state index is -1.93. The average Bonchev–Trinajstić information content (AvgIpc) is 3.59. The monoisotopic (exact) mass is 532 g/mol. The van der Waals surface area contributed by atoms with Crippen molar-refractivity contribution in [3.05, 3.63) is 61.7 Å². The van der Waals surface area contributed by atoms with Gasteiger partial charge in [-0.25, -0.2) is 14.2 Å². The SMILES string of the molecule is CCC1(O)C(=O)OCc2c1cc1n(c2=O)Cc2c-1nc1cc(F)c(C)c3c1c2[C@@H](NC(=O)C1CCCN1)CC3. The van der Waals surface area contributed by atoms with Crippen LogP contribution in [0.15, 0.2) is 16.9 Å². The molecule has 1 aliphatic carbocycles. The first-order chi connectivity index (χ1) is 18.7. The molecule has 4 aliphatic rings. The number of aromatic nitrogens is 2. The Morgan fingerprint density at radius 2 is 2.10 bits per heavy atom. The first-order valence-electron chi connectivity index (χ1n) is 13.6. The molecule has 0 spiro atoms. The van der Waals surface area contributed by atoms with Gasteiger partial charge < -0.3 is 25.0 Å². The van der Waals surface area contributed by atoms with Gasteiger partial charge in [0.05, 0.1) is 41.1 Å². The van der Waals surface area contributed by atoms with E-state index in [0.29, 0.717) is 35.3 Å². The lowest BCUT2D eigenvalue weighted by atomic mass is 9.81. The Labute approximate surface area is 223 Å². The fourth-order valence-corrected chi connectivity index (χ4v) is 6.88. The van der Waals surface area contributed by atoms with Crippen LogP contribution < -0.4 is 16.2 Å². The van der Waals surface area contributed by atoms with Crippen molar-refractivity contribution in [2.24, 2.45) is 0 Å². The molecule has 2 aromatic heterocycles. The molecule has 3 atom stereocenters. The Morgan fingerprint density at radius 3 is 2.85 bits per heavy atom. The third kappa shape index (κ3) is 3.31. The number of halogens is 1. The molecular formula is C29H29FN4O5. The number of aryl methyl sites for hydroxylation is 1. The number of aliphatic hydroxyl groups is 1. The first kappa shape index (κ1) is 24.4. The molecule has 3 N–H and O–H groups in total. The Hall–Kier alpha value is -3.63. The maximum absolute atomic E-state index is 15.0. The Morgan fingerprint density at radius 1 is 1.28 bits per heavy atom. The van der Waals surface area contributed by atoms with Gasteiger partial charge in [0.15, 0.2) is 5.60 Å². The third-order valence-corrected chi connectivity index (χ3v) is 9.07. The zero-order valence-electron chi connectivity index (χ0n) is 21.8. The molecule has 5 heterocycles. The third-order valence-electron chi connectivity index (χ3n) is 9.07. The van der Waals surface area contributed by atoms with E-state index in [4.69, 9.17) is 9.72 Å². The van der Waals surface area contributed by atoms with Crippen molar-refractivity contribution < 1.29 is 23.8 Å². The van der Waals surface area contributed by atoms with Gasteiger partial charge in [-0.3, -0.25) is 9.59 Å². The number of hydrogen-bond acceptors (Lipinski definition) is 7. The average molecular weight is 533 g/mol. The summed E-state index contributed by atoms with van der Waals surface area (Å²) in [5, 5.41) is 18.5. The summed E-state index contributed by atoms with van der Waals surface area (Å²) in [5.41, 5.74) is 2.72. The van der Waals surface area contributed by atoms with Gasteiger partial charge in [0, 0.05) is 22.6 Å². The zero-order valence-corrected chi connectivity index (χ0v) is 21.8. The quantitative estimate of drug-likeness (QED) is 0.346. The maximum atomic E-state index is 15.0. The second kappa shape index (κ2) is 8.43. The number of benzene rings is 1. The molecular weight excluding hydrogens is 503 g/mol. The van der Waals surface area contributed by atoms with Crippen molar-refractivity contribution >= 4 is 22.8 Å². The summed E-state index contributed by atoms with van der Waals surface area (Å²) in [4.78, 5) is 44.2. The Bertz CT molecular complexity index is 1680. The minimum Gasteiger partial charge on any atom is -0.458 e. The number of esters is 1. The summed E-state index contributed by atoms with van der Waals surface area (Å²) < 4.78 is 21.8. The highest BCUT2D eigenvalue weighted by Crippen LogP contribution is 2.46. The van der Waals surface area contributed by atoms with Crippen molar-refractivity contribution in [1.29, 1.82) is 0 Å². The van der Waals surface area contributed by atoms with E-state index in [0.717, 1.165) is 41.5 Å². The van der Waals surface area contributed by atoms with Gasteiger partial charge >= 0.3 is 5.97 Å². The number of nitrogens with zero attached hydrogens (tertiary/aromatic N) is 2. The van der Waals surface area contributed by atoms with Crippen LogP contribution in [0.2, 0.25) is 0 Å². The normalized spacial score (nSPS) is 24.8. The van der Waals surface area contributed by atoms with Gasteiger partial charge in [-0.05, 0) is 68.3 Å². The van der Waals surface area contributed by atoms with E-state index in [2.05, 4.69) is 10.6 Å². The summed E-state index contributed by atoms with van der Waals surface area (Å²) in [6, 6.07) is 2.50. The lowest BCUT2D eigenvalue weighted by Crippen LogP contribution is -2.44. The summed E-state index contributed by atoms with van der Waals surface area (Å²) in [7, 11) is 0. The standard InChI is InChI=1S/C29H29FN4O5/c1-3-29(38)17-9-22-25-15(11-34(22)27(36)16(17)12-39-28(29)37)24-19(33-26(35)20-5-4-8-31-20)7-6-14-13(2)18(30)10-21(32-25)23(14)24/h9-10,19-20,31,38H,3-8,11-12H2,1-2H3,(H,33,35)/t19-,20?,29?/m0/s1. The van der Waals surface area contributed by atoms with Gasteiger partial charge in [-0.15, -0.1) is 0 Å². The van der Waals surface area contributed by atoms with E-state index in [1.54, 1.807) is 24.5 Å². The number of nitrogens with one attached hydrogen (secondary N) is 2. The molecule has 2 unspecified atom stereocenters. The summed E-state index contributed by atoms with van der Waals surface area (Å²) in [6.07, 6.45) is 2.96. The molecule has 3 aliphatic heterocycles. The van der Waals surface area contributed by atoms with Crippen LogP contribution >= 0.6 is 0 Å². The summed E-state index contributed by atoms with van der Waals surface area (Å²) in [5.74, 6) is -1.20. The van der Waals surface area contributed by atoms with E-state index in [1.165, 1.54) is 6.07 Å².